The van der Waals surface area contributed by atoms with Crippen molar-refractivity contribution >= 4 is 18.4 Å². The number of carbonyl (C=O) groups excluding carboxylic acids is 1. The van der Waals surface area contributed by atoms with E-state index in [1.54, 1.807) is 31.2 Å². The van der Waals surface area contributed by atoms with Gasteiger partial charge in [0.25, 0.3) is 0 Å². The standard InChI is InChI=1S/C22H27NO3.ClH/c1-2-17-25-22(18-9-5-3-6-10-18,19-11-7-4-8-12-19)21(24)26-20-13-15-23-16-14-20;/h3-12,20,23H,2,13-17H2,1H3;1H/i17D2;. The second kappa shape index (κ2) is 10.5. The lowest BCUT2D eigenvalue weighted by molar-refractivity contribution is -0.175. The molecular formula is C22H28ClNO3. The first kappa shape index (κ1) is 18.5. The summed E-state index contributed by atoms with van der Waals surface area (Å²) in [7, 11) is 0. The first-order valence-corrected chi connectivity index (χ1v) is 9.21. The Balaban J connectivity index is 0.00000300. The maximum absolute atomic E-state index is 13.6. The average molecular weight is 392 g/mol. The highest BCUT2D eigenvalue weighted by atomic mass is 35.5. The van der Waals surface area contributed by atoms with E-state index in [0.717, 1.165) is 25.9 Å². The van der Waals surface area contributed by atoms with E-state index in [0.29, 0.717) is 11.1 Å². The lowest BCUT2D eigenvalue weighted by atomic mass is 9.85. The van der Waals surface area contributed by atoms with E-state index < -0.39 is 18.1 Å². The van der Waals surface area contributed by atoms with Gasteiger partial charge in [0.15, 0.2) is 0 Å². The summed E-state index contributed by atoms with van der Waals surface area (Å²) in [6.07, 6.45) is 1.35. The molecular weight excluding hydrogens is 362 g/mol. The number of carbonyl (C=O) groups is 1. The van der Waals surface area contributed by atoms with Gasteiger partial charge in [-0.1, -0.05) is 67.6 Å². The van der Waals surface area contributed by atoms with Crippen LogP contribution in [-0.2, 0) is 19.9 Å². The van der Waals surface area contributed by atoms with Crippen molar-refractivity contribution in [2.45, 2.75) is 37.9 Å². The van der Waals surface area contributed by atoms with Crippen LogP contribution in [0.3, 0.4) is 0 Å². The zero-order valence-electron chi connectivity index (χ0n) is 17.5. The summed E-state index contributed by atoms with van der Waals surface area (Å²) >= 11 is 0. The van der Waals surface area contributed by atoms with Crippen LogP contribution in [0.5, 0.6) is 0 Å². The third-order valence-electron chi connectivity index (χ3n) is 4.58. The van der Waals surface area contributed by atoms with E-state index >= 15 is 0 Å². The van der Waals surface area contributed by atoms with Gasteiger partial charge < -0.3 is 14.8 Å². The van der Waals surface area contributed by atoms with Gasteiger partial charge in [-0.25, -0.2) is 4.79 Å². The van der Waals surface area contributed by atoms with Crippen LogP contribution >= 0.6 is 12.4 Å². The fraction of sp³-hybridized carbons (Fsp3) is 0.409. The number of benzene rings is 2. The van der Waals surface area contributed by atoms with Gasteiger partial charge in [-0.15, -0.1) is 12.4 Å². The number of hydrogen-bond acceptors (Lipinski definition) is 4. The SMILES string of the molecule is Cl.[2H]C([2H])(CC)OC(C(=O)OC1CCNCC1)(c1ccccc1)c1ccccc1. The molecule has 4 nitrogen and oxygen atoms in total. The molecule has 1 aliphatic heterocycles. The lowest BCUT2D eigenvalue weighted by Crippen LogP contribution is -2.45. The summed E-state index contributed by atoms with van der Waals surface area (Å²) in [6.45, 7) is 1.27. The van der Waals surface area contributed by atoms with Gasteiger partial charge in [-0.2, -0.15) is 0 Å². The molecule has 2 aromatic carbocycles. The second-order valence-corrected chi connectivity index (χ2v) is 6.37. The molecule has 3 rings (SSSR count). The molecule has 0 aliphatic carbocycles. The van der Waals surface area contributed by atoms with Crippen LogP contribution in [-0.4, -0.2) is 31.7 Å². The van der Waals surface area contributed by atoms with E-state index in [1.165, 1.54) is 0 Å². The maximum atomic E-state index is 13.6. The monoisotopic (exact) mass is 391 g/mol. The summed E-state index contributed by atoms with van der Waals surface area (Å²) in [5.74, 6) is -0.575. The number of halogens is 1. The van der Waals surface area contributed by atoms with Gasteiger partial charge in [0.1, 0.15) is 6.10 Å². The van der Waals surface area contributed by atoms with Gasteiger partial charge in [0, 0.05) is 6.56 Å². The molecule has 0 spiro atoms. The van der Waals surface area contributed by atoms with Gasteiger partial charge >= 0.3 is 5.97 Å². The molecule has 1 aliphatic rings. The van der Waals surface area contributed by atoms with Crippen LogP contribution in [0.2, 0.25) is 0 Å². The van der Waals surface area contributed by atoms with Crippen molar-refractivity contribution in [1.29, 1.82) is 0 Å². The Hall–Kier alpha value is -1.88. The van der Waals surface area contributed by atoms with Crippen LogP contribution in [0.15, 0.2) is 60.7 Å². The summed E-state index contributed by atoms with van der Waals surface area (Å²) < 4.78 is 28.4. The maximum Gasteiger partial charge on any atom is 0.348 e. The van der Waals surface area contributed by atoms with Crippen molar-refractivity contribution in [2.75, 3.05) is 19.6 Å². The number of hydrogen-bond donors (Lipinski definition) is 1. The second-order valence-electron chi connectivity index (χ2n) is 6.37. The minimum Gasteiger partial charge on any atom is -0.460 e. The third-order valence-corrected chi connectivity index (χ3v) is 4.58. The molecule has 2 aromatic rings. The van der Waals surface area contributed by atoms with Gasteiger partial charge in [-0.05, 0) is 43.5 Å². The highest BCUT2D eigenvalue weighted by Crippen LogP contribution is 2.36. The molecule has 0 aromatic heterocycles. The van der Waals surface area contributed by atoms with Gasteiger partial charge in [-0.3, -0.25) is 0 Å². The average Bonchev–Trinajstić information content (AvgIpc) is 2.74. The van der Waals surface area contributed by atoms with Crippen molar-refractivity contribution in [2.24, 2.45) is 0 Å². The van der Waals surface area contributed by atoms with Crippen molar-refractivity contribution in [3.8, 4) is 0 Å². The Labute approximate surface area is 170 Å². The molecule has 5 heteroatoms. The van der Waals surface area contributed by atoms with Gasteiger partial charge in [0.2, 0.25) is 5.60 Å². The summed E-state index contributed by atoms with van der Waals surface area (Å²) in [5.41, 5.74) is -0.567. The Morgan fingerprint density at radius 1 is 1.07 bits per heavy atom. The number of esters is 1. The van der Waals surface area contributed by atoms with Crippen molar-refractivity contribution < 1.29 is 17.0 Å². The van der Waals surface area contributed by atoms with E-state index in [9.17, 15) is 4.79 Å². The lowest BCUT2D eigenvalue weighted by Gasteiger charge is -2.35. The number of ether oxygens (including phenoxy) is 2. The fourth-order valence-corrected chi connectivity index (χ4v) is 3.24. The molecule has 1 fully saturated rings. The molecule has 146 valence electrons. The van der Waals surface area contributed by atoms with Crippen LogP contribution < -0.4 is 5.32 Å². The van der Waals surface area contributed by atoms with Crippen LogP contribution in [0.25, 0.3) is 0 Å². The number of rotatable bonds is 7. The summed E-state index contributed by atoms with van der Waals surface area (Å²) in [6, 6.07) is 18.1. The molecule has 0 unspecified atom stereocenters. The number of nitrogens with one attached hydrogen (secondary N) is 1. The smallest absolute Gasteiger partial charge is 0.348 e. The Morgan fingerprint density at radius 3 is 2.07 bits per heavy atom. The summed E-state index contributed by atoms with van der Waals surface area (Å²) in [5, 5.41) is 3.25. The highest BCUT2D eigenvalue weighted by Gasteiger charge is 2.45. The minimum atomic E-state index is -2.00. The Kier molecular flexibility index (Phi) is 7.16. The van der Waals surface area contributed by atoms with Gasteiger partial charge in [0.05, 0.1) is 2.74 Å². The first-order chi connectivity index (χ1) is 13.5. The highest BCUT2D eigenvalue weighted by molar-refractivity contribution is 5.86. The third kappa shape index (κ3) is 4.89. The van der Waals surface area contributed by atoms with Crippen LogP contribution in [0.1, 0.15) is 40.1 Å². The predicted octanol–water partition coefficient (Wildman–Crippen LogP) is 4.07. The first-order valence-electron chi connectivity index (χ1n) is 10.2. The molecule has 27 heavy (non-hydrogen) atoms. The Morgan fingerprint density at radius 2 is 1.59 bits per heavy atom. The number of piperidine rings is 1. The topological polar surface area (TPSA) is 47.6 Å². The molecule has 1 saturated heterocycles. The molecule has 1 heterocycles. The van der Waals surface area contributed by atoms with Crippen molar-refractivity contribution in [3.63, 3.8) is 0 Å². The summed E-state index contributed by atoms with van der Waals surface area (Å²) in [4.78, 5) is 13.6. The van der Waals surface area contributed by atoms with Crippen molar-refractivity contribution in [1.82, 2.24) is 5.32 Å². The quantitative estimate of drug-likeness (QED) is 0.722. The largest absolute Gasteiger partial charge is 0.460 e. The zero-order valence-corrected chi connectivity index (χ0v) is 16.3. The van der Waals surface area contributed by atoms with Crippen LogP contribution in [0.4, 0.5) is 0 Å². The minimum absolute atomic E-state index is 0. The molecule has 0 amide bonds. The normalized spacial score (nSPS) is 16.6. The molecule has 0 radical (unpaired) electrons. The molecule has 1 N–H and O–H groups in total. The van der Waals surface area contributed by atoms with E-state index in [-0.39, 0.29) is 24.9 Å². The fourth-order valence-electron chi connectivity index (χ4n) is 3.24. The predicted molar refractivity (Wildman–Crippen MR) is 109 cm³/mol. The molecule has 0 saturated carbocycles. The van der Waals surface area contributed by atoms with E-state index in [1.807, 2.05) is 36.4 Å². The molecule has 0 bridgehead atoms. The Bertz CT molecular complexity index is 729. The molecule has 0 atom stereocenters. The zero-order chi connectivity index (χ0) is 20.0. The van der Waals surface area contributed by atoms with E-state index in [2.05, 4.69) is 5.32 Å². The van der Waals surface area contributed by atoms with E-state index in [4.69, 9.17) is 12.2 Å². The van der Waals surface area contributed by atoms with Crippen molar-refractivity contribution in [3.05, 3.63) is 71.8 Å². The van der Waals surface area contributed by atoms with Crippen LogP contribution in [0, 0.1) is 0 Å².